The van der Waals surface area contributed by atoms with E-state index in [2.05, 4.69) is 22.0 Å². The molecule has 2 heterocycles. The van der Waals surface area contributed by atoms with Crippen molar-refractivity contribution in [3.63, 3.8) is 0 Å². The Bertz CT molecular complexity index is 1340. The fraction of sp³-hybridized carbons (Fsp3) is 0.222. The first kappa shape index (κ1) is 21.9. The standard InChI is InChI=1S/C27H26N4O3/c32-27-25(23-17-22(31(33)34)13-14-24(23)29-27)26(20-7-3-1-4-8-20)28-21-11-9-19(10-12-21)18-30-15-5-2-6-16-30/h1,3-4,7-14,17,29,32H,2,5-6,15-16,18H2. The van der Waals surface area contributed by atoms with Crippen molar-refractivity contribution < 1.29 is 10.0 Å². The number of benzene rings is 3. The smallest absolute Gasteiger partial charge is 0.270 e. The molecule has 0 bridgehead atoms. The highest BCUT2D eigenvalue weighted by atomic mass is 16.6. The Hall–Kier alpha value is -3.97. The monoisotopic (exact) mass is 454 g/mol. The lowest BCUT2D eigenvalue weighted by molar-refractivity contribution is -0.384. The first-order valence-electron chi connectivity index (χ1n) is 11.5. The summed E-state index contributed by atoms with van der Waals surface area (Å²) in [5, 5.41) is 22.7. The third-order valence-corrected chi connectivity index (χ3v) is 6.29. The molecule has 0 spiro atoms. The van der Waals surface area contributed by atoms with Gasteiger partial charge in [0, 0.05) is 35.1 Å². The van der Waals surface area contributed by atoms with Crippen molar-refractivity contribution in [2.24, 2.45) is 4.99 Å². The maximum atomic E-state index is 11.4. The zero-order valence-electron chi connectivity index (χ0n) is 18.8. The van der Waals surface area contributed by atoms with Crippen LogP contribution in [0.1, 0.15) is 36.0 Å². The second-order valence-electron chi connectivity index (χ2n) is 8.67. The number of aromatic amines is 1. The van der Waals surface area contributed by atoms with Gasteiger partial charge in [-0.1, -0.05) is 48.9 Å². The van der Waals surface area contributed by atoms with Gasteiger partial charge in [-0.3, -0.25) is 15.0 Å². The largest absolute Gasteiger partial charge is 0.494 e. The van der Waals surface area contributed by atoms with Crippen molar-refractivity contribution in [1.82, 2.24) is 9.88 Å². The molecule has 1 fully saturated rings. The first-order chi connectivity index (χ1) is 16.6. The molecule has 0 amide bonds. The molecule has 34 heavy (non-hydrogen) atoms. The van der Waals surface area contributed by atoms with E-state index in [1.807, 2.05) is 42.5 Å². The molecule has 1 aromatic heterocycles. The molecular weight excluding hydrogens is 428 g/mol. The van der Waals surface area contributed by atoms with Crippen LogP contribution in [-0.4, -0.2) is 38.7 Å². The molecule has 5 rings (SSSR count). The van der Waals surface area contributed by atoms with E-state index in [1.165, 1.54) is 37.0 Å². The number of piperidine rings is 1. The normalized spacial score (nSPS) is 15.0. The molecule has 1 aliphatic heterocycles. The van der Waals surface area contributed by atoms with Gasteiger partial charge in [0.15, 0.2) is 5.88 Å². The van der Waals surface area contributed by atoms with Crippen molar-refractivity contribution >= 4 is 28.0 Å². The number of nitrogens with one attached hydrogen (secondary N) is 1. The van der Waals surface area contributed by atoms with Crippen molar-refractivity contribution in [3.8, 4) is 5.88 Å². The molecule has 2 N–H and O–H groups in total. The van der Waals surface area contributed by atoms with Gasteiger partial charge in [0.25, 0.3) is 5.69 Å². The topological polar surface area (TPSA) is 94.8 Å². The van der Waals surface area contributed by atoms with Crippen LogP contribution in [0, 0.1) is 10.1 Å². The predicted molar refractivity (Wildman–Crippen MR) is 134 cm³/mol. The summed E-state index contributed by atoms with van der Waals surface area (Å²) in [4.78, 5) is 21.2. The van der Waals surface area contributed by atoms with Gasteiger partial charge in [-0.25, -0.2) is 4.99 Å². The van der Waals surface area contributed by atoms with E-state index in [-0.39, 0.29) is 11.6 Å². The summed E-state index contributed by atoms with van der Waals surface area (Å²) in [6.45, 7) is 3.22. The second-order valence-corrected chi connectivity index (χ2v) is 8.67. The fourth-order valence-corrected chi connectivity index (χ4v) is 4.56. The molecule has 7 nitrogen and oxygen atoms in total. The summed E-state index contributed by atoms with van der Waals surface area (Å²) in [5.41, 5.74) is 4.37. The Morgan fingerprint density at radius 1 is 1.00 bits per heavy atom. The van der Waals surface area contributed by atoms with Gasteiger partial charge in [-0.15, -0.1) is 0 Å². The minimum absolute atomic E-state index is 0.0396. The van der Waals surface area contributed by atoms with E-state index in [1.54, 1.807) is 6.07 Å². The number of hydrogen-bond donors (Lipinski definition) is 2. The van der Waals surface area contributed by atoms with Crippen LogP contribution in [0.25, 0.3) is 10.9 Å². The SMILES string of the molecule is O=[N+]([O-])c1ccc2[nH]c(O)c(C(=Nc3ccc(CN4CCCCC4)cc3)c3ccccc3)c2c1. The van der Waals surface area contributed by atoms with Crippen molar-refractivity contribution in [1.29, 1.82) is 0 Å². The Kier molecular flexibility index (Phi) is 6.10. The molecule has 0 atom stereocenters. The Balaban J connectivity index is 1.56. The summed E-state index contributed by atoms with van der Waals surface area (Å²) >= 11 is 0. The number of nitrogens with zero attached hydrogens (tertiary/aromatic N) is 3. The number of aromatic hydroxyl groups is 1. The average molecular weight is 455 g/mol. The molecule has 0 radical (unpaired) electrons. The summed E-state index contributed by atoms with van der Waals surface area (Å²) in [6.07, 6.45) is 3.83. The Morgan fingerprint density at radius 2 is 1.74 bits per heavy atom. The second kappa shape index (κ2) is 9.49. The van der Waals surface area contributed by atoms with Gasteiger partial charge in [0.1, 0.15) is 0 Å². The lowest BCUT2D eigenvalue weighted by Crippen LogP contribution is -2.28. The lowest BCUT2D eigenvalue weighted by atomic mass is 10.0. The maximum absolute atomic E-state index is 11.4. The molecule has 1 saturated heterocycles. The van der Waals surface area contributed by atoms with E-state index in [4.69, 9.17) is 4.99 Å². The number of aliphatic imine (C=N–C) groups is 1. The molecule has 172 valence electrons. The Labute approximate surface area is 197 Å². The highest BCUT2D eigenvalue weighted by Gasteiger charge is 2.21. The van der Waals surface area contributed by atoms with Crippen LogP contribution in [0.3, 0.4) is 0 Å². The van der Waals surface area contributed by atoms with Crippen LogP contribution in [-0.2, 0) is 6.54 Å². The molecule has 7 heteroatoms. The van der Waals surface area contributed by atoms with Gasteiger partial charge in [0.05, 0.1) is 21.9 Å². The minimum Gasteiger partial charge on any atom is -0.494 e. The summed E-state index contributed by atoms with van der Waals surface area (Å²) in [7, 11) is 0. The van der Waals surface area contributed by atoms with Crippen LogP contribution >= 0.6 is 0 Å². The van der Waals surface area contributed by atoms with Crippen LogP contribution < -0.4 is 0 Å². The molecule has 0 aliphatic carbocycles. The first-order valence-corrected chi connectivity index (χ1v) is 11.5. The zero-order chi connectivity index (χ0) is 23.5. The number of H-pyrrole nitrogens is 1. The number of hydrogen-bond acceptors (Lipinski definition) is 5. The number of likely N-dealkylation sites (tertiary alicyclic amines) is 1. The van der Waals surface area contributed by atoms with Crippen molar-refractivity contribution in [3.05, 3.63) is 99.6 Å². The molecular formula is C27H26N4O3. The van der Waals surface area contributed by atoms with E-state index in [0.29, 0.717) is 22.2 Å². The summed E-state index contributed by atoms with van der Waals surface area (Å²) < 4.78 is 0. The predicted octanol–water partition coefficient (Wildman–Crippen LogP) is 5.94. The summed E-state index contributed by atoms with van der Waals surface area (Å²) in [5.74, 6) is -0.0696. The molecule has 0 saturated carbocycles. The van der Waals surface area contributed by atoms with E-state index >= 15 is 0 Å². The molecule has 0 unspecified atom stereocenters. The van der Waals surface area contributed by atoms with Gasteiger partial charge in [-0.2, -0.15) is 0 Å². The van der Waals surface area contributed by atoms with Gasteiger partial charge >= 0.3 is 0 Å². The van der Waals surface area contributed by atoms with Crippen molar-refractivity contribution in [2.45, 2.75) is 25.8 Å². The zero-order valence-corrected chi connectivity index (χ0v) is 18.8. The van der Waals surface area contributed by atoms with Crippen LogP contribution in [0.15, 0.2) is 77.8 Å². The number of non-ortho nitro benzene ring substituents is 1. The number of nitro benzene ring substituents is 1. The third kappa shape index (κ3) is 4.56. The van der Waals surface area contributed by atoms with E-state index < -0.39 is 4.92 Å². The van der Waals surface area contributed by atoms with Gasteiger partial charge in [0.2, 0.25) is 0 Å². The number of rotatable bonds is 6. The maximum Gasteiger partial charge on any atom is 0.270 e. The number of fused-ring (bicyclic) bond motifs is 1. The van der Waals surface area contributed by atoms with E-state index in [0.717, 1.165) is 30.9 Å². The van der Waals surface area contributed by atoms with Crippen LogP contribution in [0.4, 0.5) is 11.4 Å². The minimum atomic E-state index is -0.437. The van der Waals surface area contributed by atoms with E-state index in [9.17, 15) is 15.2 Å². The molecule has 1 aliphatic rings. The summed E-state index contributed by atoms with van der Waals surface area (Å²) in [6, 6.07) is 22.2. The highest BCUT2D eigenvalue weighted by molar-refractivity contribution is 6.22. The van der Waals surface area contributed by atoms with Gasteiger partial charge < -0.3 is 10.1 Å². The fourth-order valence-electron chi connectivity index (χ4n) is 4.56. The average Bonchev–Trinajstić information content (AvgIpc) is 3.19. The molecule has 3 aromatic carbocycles. The van der Waals surface area contributed by atoms with Crippen LogP contribution in [0.5, 0.6) is 5.88 Å². The Morgan fingerprint density at radius 3 is 2.44 bits per heavy atom. The highest BCUT2D eigenvalue weighted by Crippen LogP contribution is 2.33. The third-order valence-electron chi connectivity index (χ3n) is 6.29. The lowest BCUT2D eigenvalue weighted by Gasteiger charge is -2.26. The number of nitro groups is 1. The van der Waals surface area contributed by atoms with Crippen LogP contribution in [0.2, 0.25) is 0 Å². The quantitative estimate of drug-likeness (QED) is 0.214. The van der Waals surface area contributed by atoms with Gasteiger partial charge in [-0.05, 0) is 49.7 Å². The molecule has 4 aromatic rings. The van der Waals surface area contributed by atoms with Crippen molar-refractivity contribution in [2.75, 3.05) is 13.1 Å². The number of aromatic nitrogens is 1.